The lowest BCUT2D eigenvalue weighted by Gasteiger charge is -2.12. The lowest BCUT2D eigenvalue weighted by Crippen LogP contribution is -2.08. The average Bonchev–Trinajstić information content (AvgIpc) is 3.30. The van der Waals surface area contributed by atoms with Crippen LogP contribution < -0.4 is 0 Å². The first-order chi connectivity index (χ1) is 13.1. The molecular weight excluding hydrogens is 364 g/mol. The van der Waals surface area contributed by atoms with Crippen molar-refractivity contribution < 1.29 is 14.3 Å². The highest BCUT2D eigenvalue weighted by molar-refractivity contribution is 6.31. The molecule has 2 heterocycles. The first-order valence-electron chi connectivity index (χ1n) is 8.86. The molecule has 0 spiro atoms. The molecule has 0 aliphatic carbocycles. The number of furan rings is 1. The number of benzene rings is 1. The molecule has 0 fully saturated rings. The van der Waals surface area contributed by atoms with Crippen molar-refractivity contribution in [3.8, 4) is 0 Å². The summed E-state index contributed by atoms with van der Waals surface area (Å²) in [4.78, 5) is 16.3. The van der Waals surface area contributed by atoms with Crippen LogP contribution in [0.4, 0.5) is 0 Å². The molecule has 27 heavy (non-hydrogen) atoms. The number of aliphatic carboxylic acids is 1. The fourth-order valence-electron chi connectivity index (χ4n) is 2.88. The number of aryl methyl sites for hydroxylation is 1. The van der Waals surface area contributed by atoms with Gasteiger partial charge in [0.25, 0.3) is 0 Å². The Bertz CT molecular complexity index is 942. The summed E-state index contributed by atoms with van der Waals surface area (Å²) >= 11 is 6.33. The molecule has 1 aromatic carbocycles. The minimum absolute atomic E-state index is 0.0855. The Morgan fingerprint density at radius 3 is 2.78 bits per heavy atom. The molecule has 0 saturated carbocycles. The third-order valence-corrected chi connectivity index (χ3v) is 4.69. The Labute approximate surface area is 162 Å². The number of nitrogens with zero attached hydrogens (tertiary/aromatic N) is 2. The zero-order chi connectivity index (χ0) is 19.2. The SMILES string of the molecule is CCCCc1ncc(/C=C(/C(=O)O)c2ccco2)n1Cc1ccccc1Cl. The van der Waals surface area contributed by atoms with Crippen LogP contribution in [0.3, 0.4) is 0 Å². The summed E-state index contributed by atoms with van der Waals surface area (Å²) in [6.07, 6.45) is 7.63. The molecule has 2 aromatic heterocycles. The van der Waals surface area contributed by atoms with Crippen LogP contribution in [0.2, 0.25) is 5.02 Å². The number of halogens is 1. The predicted octanol–water partition coefficient (Wildman–Crippen LogP) is 5.15. The molecule has 140 valence electrons. The zero-order valence-corrected chi connectivity index (χ0v) is 15.8. The summed E-state index contributed by atoms with van der Waals surface area (Å²) < 4.78 is 7.29. The molecule has 5 nitrogen and oxygen atoms in total. The first-order valence-corrected chi connectivity index (χ1v) is 9.24. The van der Waals surface area contributed by atoms with E-state index in [2.05, 4.69) is 11.9 Å². The van der Waals surface area contributed by atoms with Crippen molar-refractivity contribution in [3.63, 3.8) is 0 Å². The van der Waals surface area contributed by atoms with E-state index in [0.29, 0.717) is 23.0 Å². The monoisotopic (exact) mass is 384 g/mol. The fourth-order valence-corrected chi connectivity index (χ4v) is 3.07. The highest BCUT2D eigenvalue weighted by atomic mass is 35.5. The summed E-state index contributed by atoms with van der Waals surface area (Å²) in [5, 5.41) is 10.3. The van der Waals surface area contributed by atoms with Gasteiger partial charge in [0, 0.05) is 11.4 Å². The van der Waals surface area contributed by atoms with Gasteiger partial charge in [0.1, 0.15) is 17.2 Å². The zero-order valence-electron chi connectivity index (χ0n) is 15.1. The van der Waals surface area contributed by atoms with Gasteiger partial charge in [-0.05, 0) is 36.3 Å². The predicted molar refractivity (Wildman–Crippen MR) is 106 cm³/mol. The van der Waals surface area contributed by atoms with Crippen molar-refractivity contribution >= 4 is 29.2 Å². The number of carbonyl (C=O) groups is 1. The van der Waals surface area contributed by atoms with E-state index in [1.807, 2.05) is 28.8 Å². The van der Waals surface area contributed by atoms with Crippen molar-refractivity contribution in [3.05, 3.63) is 76.7 Å². The second kappa shape index (κ2) is 8.73. The van der Waals surface area contributed by atoms with Crippen molar-refractivity contribution in [1.82, 2.24) is 9.55 Å². The Morgan fingerprint density at radius 1 is 1.30 bits per heavy atom. The summed E-state index contributed by atoms with van der Waals surface area (Å²) in [6, 6.07) is 10.9. The van der Waals surface area contributed by atoms with Gasteiger partial charge in [0.05, 0.1) is 24.7 Å². The van der Waals surface area contributed by atoms with Crippen LogP contribution in [0, 0.1) is 0 Å². The molecule has 0 unspecified atom stereocenters. The lowest BCUT2D eigenvalue weighted by atomic mass is 10.1. The number of aromatic nitrogens is 2. The topological polar surface area (TPSA) is 68.3 Å². The largest absolute Gasteiger partial charge is 0.478 e. The van der Waals surface area contributed by atoms with E-state index in [9.17, 15) is 9.90 Å². The van der Waals surface area contributed by atoms with E-state index in [1.54, 1.807) is 24.4 Å². The Morgan fingerprint density at radius 2 is 2.11 bits per heavy atom. The van der Waals surface area contributed by atoms with Crippen LogP contribution in [0.25, 0.3) is 11.6 Å². The van der Waals surface area contributed by atoms with Crippen LogP contribution in [0.15, 0.2) is 53.3 Å². The molecule has 0 radical (unpaired) electrons. The molecule has 0 aliphatic rings. The van der Waals surface area contributed by atoms with Gasteiger partial charge in [-0.25, -0.2) is 9.78 Å². The van der Waals surface area contributed by atoms with Gasteiger partial charge in [-0.1, -0.05) is 43.1 Å². The number of imidazole rings is 1. The van der Waals surface area contributed by atoms with Crippen molar-refractivity contribution in [1.29, 1.82) is 0 Å². The normalized spacial score (nSPS) is 11.7. The maximum Gasteiger partial charge on any atom is 0.339 e. The molecule has 0 bridgehead atoms. The summed E-state index contributed by atoms with van der Waals surface area (Å²) in [7, 11) is 0. The minimum atomic E-state index is -1.05. The lowest BCUT2D eigenvalue weighted by molar-refractivity contribution is -0.130. The van der Waals surface area contributed by atoms with E-state index >= 15 is 0 Å². The van der Waals surface area contributed by atoms with Crippen LogP contribution >= 0.6 is 11.6 Å². The van der Waals surface area contributed by atoms with Gasteiger partial charge in [0.15, 0.2) is 0 Å². The van der Waals surface area contributed by atoms with E-state index in [4.69, 9.17) is 16.0 Å². The van der Waals surface area contributed by atoms with Gasteiger partial charge in [-0.15, -0.1) is 0 Å². The van der Waals surface area contributed by atoms with Crippen LogP contribution in [0.1, 0.15) is 42.6 Å². The Hall–Kier alpha value is -2.79. The van der Waals surface area contributed by atoms with Crippen molar-refractivity contribution in [2.24, 2.45) is 0 Å². The van der Waals surface area contributed by atoms with Crippen molar-refractivity contribution in [2.45, 2.75) is 32.7 Å². The Balaban J connectivity index is 2.04. The average molecular weight is 385 g/mol. The van der Waals surface area contributed by atoms with Crippen LogP contribution in [-0.2, 0) is 17.8 Å². The molecule has 0 aliphatic heterocycles. The summed E-state index contributed by atoms with van der Waals surface area (Å²) in [5.41, 5.74) is 1.75. The smallest absolute Gasteiger partial charge is 0.339 e. The Kier molecular flexibility index (Phi) is 6.14. The summed E-state index contributed by atoms with van der Waals surface area (Å²) in [6.45, 7) is 2.65. The van der Waals surface area contributed by atoms with Crippen LogP contribution in [0.5, 0.6) is 0 Å². The fraction of sp³-hybridized carbons (Fsp3) is 0.238. The molecule has 0 atom stereocenters. The molecule has 0 saturated heterocycles. The number of hydrogen-bond acceptors (Lipinski definition) is 3. The van der Waals surface area contributed by atoms with E-state index in [-0.39, 0.29) is 5.57 Å². The summed E-state index contributed by atoms with van der Waals surface area (Å²) in [5.74, 6) is 0.167. The van der Waals surface area contributed by atoms with Crippen LogP contribution in [-0.4, -0.2) is 20.6 Å². The molecule has 3 aromatic rings. The maximum absolute atomic E-state index is 11.7. The number of hydrogen-bond donors (Lipinski definition) is 1. The third-order valence-electron chi connectivity index (χ3n) is 4.32. The minimum Gasteiger partial charge on any atom is -0.478 e. The highest BCUT2D eigenvalue weighted by Crippen LogP contribution is 2.23. The first kappa shape index (κ1) is 19.0. The van der Waals surface area contributed by atoms with E-state index in [0.717, 1.165) is 30.7 Å². The van der Waals surface area contributed by atoms with E-state index < -0.39 is 5.97 Å². The van der Waals surface area contributed by atoms with Gasteiger partial charge in [-0.3, -0.25) is 0 Å². The molecule has 0 amide bonds. The number of carboxylic acids is 1. The standard InChI is InChI=1S/C21H21ClN2O3/c1-2-3-10-20-23-13-16(12-17(21(25)26)19-9-6-11-27-19)24(20)14-15-7-4-5-8-18(15)22/h4-9,11-13H,2-3,10,14H2,1H3,(H,25,26)/b17-12+. The molecular formula is C21H21ClN2O3. The highest BCUT2D eigenvalue weighted by Gasteiger charge is 2.17. The maximum atomic E-state index is 11.7. The van der Waals surface area contributed by atoms with Gasteiger partial charge in [-0.2, -0.15) is 0 Å². The molecule has 6 heteroatoms. The number of unbranched alkanes of at least 4 members (excludes halogenated alkanes) is 1. The van der Waals surface area contributed by atoms with Gasteiger partial charge < -0.3 is 14.1 Å². The molecule has 1 N–H and O–H groups in total. The third kappa shape index (κ3) is 4.49. The number of carboxylic acid groups (broad SMARTS) is 1. The second-order valence-corrected chi connectivity index (χ2v) is 6.63. The number of rotatable bonds is 8. The molecule has 3 rings (SSSR count). The van der Waals surface area contributed by atoms with Gasteiger partial charge >= 0.3 is 5.97 Å². The quantitative estimate of drug-likeness (QED) is 0.545. The van der Waals surface area contributed by atoms with Gasteiger partial charge in [0.2, 0.25) is 0 Å². The van der Waals surface area contributed by atoms with Crippen molar-refractivity contribution in [2.75, 3.05) is 0 Å². The van der Waals surface area contributed by atoms with E-state index in [1.165, 1.54) is 6.26 Å². The second-order valence-electron chi connectivity index (χ2n) is 6.22.